The van der Waals surface area contributed by atoms with Gasteiger partial charge in [-0.2, -0.15) is 5.10 Å². The summed E-state index contributed by atoms with van der Waals surface area (Å²) in [6.45, 7) is 3.67. The highest BCUT2D eigenvalue weighted by atomic mass is 19.1. The van der Waals surface area contributed by atoms with Gasteiger partial charge in [0, 0.05) is 23.0 Å². The quantitative estimate of drug-likeness (QED) is 0.721. The first kappa shape index (κ1) is 17.6. The van der Waals surface area contributed by atoms with Crippen LogP contribution in [0.25, 0.3) is 17.3 Å². The molecule has 2 atom stereocenters. The monoisotopic (exact) mass is 385 g/mol. The Kier molecular flexibility index (Phi) is 3.75. The summed E-state index contributed by atoms with van der Waals surface area (Å²) in [5.74, 6) is 0.359. The molecular weight excluding hydrogens is 364 g/mol. The van der Waals surface area contributed by atoms with Crippen LogP contribution >= 0.6 is 0 Å². The molecule has 0 aliphatic heterocycles. The number of oxazole rings is 1. The molecule has 1 aromatic carbocycles. The third-order valence-corrected chi connectivity index (χ3v) is 6.10. The molecular formula is C21H21F2N3O2. The molecule has 2 bridgehead atoms. The second-order valence-electron chi connectivity index (χ2n) is 8.43. The third kappa shape index (κ3) is 2.45. The number of aliphatic hydroxyl groups is 1. The fourth-order valence-electron chi connectivity index (χ4n) is 4.50. The highest BCUT2D eigenvalue weighted by molar-refractivity contribution is 5.62. The Morgan fingerprint density at radius 1 is 1.25 bits per heavy atom. The van der Waals surface area contributed by atoms with E-state index in [2.05, 4.69) is 10.1 Å². The van der Waals surface area contributed by atoms with E-state index in [9.17, 15) is 13.9 Å². The fraction of sp³-hybridized carbons (Fsp3) is 0.429. The van der Waals surface area contributed by atoms with E-state index in [1.165, 1.54) is 12.1 Å². The van der Waals surface area contributed by atoms with Gasteiger partial charge in [0.1, 0.15) is 17.3 Å². The SMILES string of the molecule is CC(C)(CO)c1cnc(-c2nn(-c3ccc(F)cc3F)c3c2[C@H]2CC[C@H]3C2)o1. The first-order valence-electron chi connectivity index (χ1n) is 9.55. The van der Waals surface area contributed by atoms with Crippen LogP contribution in [0.3, 0.4) is 0 Å². The molecule has 0 radical (unpaired) electrons. The molecule has 1 saturated carbocycles. The number of hydrogen-bond acceptors (Lipinski definition) is 4. The van der Waals surface area contributed by atoms with Crippen molar-refractivity contribution >= 4 is 0 Å². The average Bonchev–Trinajstić information content (AvgIpc) is 3.42. The first-order chi connectivity index (χ1) is 13.4. The van der Waals surface area contributed by atoms with E-state index in [1.54, 1.807) is 10.9 Å². The maximum absolute atomic E-state index is 14.5. The van der Waals surface area contributed by atoms with Crippen LogP contribution in [0, 0.1) is 11.6 Å². The third-order valence-electron chi connectivity index (χ3n) is 6.10. The van der Waals surface area contributed by atoms with Crippen LogP contribution in [-0.2, 0) is 5.41 Å². The van der Waals surface area contributed by atoms with Crippen LogP contribution in [0.1, 0.15) is 62.0 Å². The summed E-state index contributed by atoms with van der Waals surface area (Å²) >= 11 is 0. The van der Waals surface area contributed by atoms with Crippen LogP contribution in [0.5, 0.6) is 0 Å². The average molecular weight is 385 g/mol. The summed E-state index contributed by atoms with van der Waals surface area (Å²) in [6, 6.07) is 3.54. The Morgan fingerprint density at radius 2 is 2.04 bits per heavy atom. The molecule has 1 N–H and O–H groups in total. The van der Waals surface area contributed by atoms with Crippen molar-refractivity contribution in [2.45, 2.75) is 50.4 Å². The number of rotatable bonds is 4. The molecule has 7 heteroatoms. The predicted molar refractivity (Wildman–Crippen MR) is 98.4 cm³/mol. The van der Waals surface area contributed by atoms with Crippen LogP contribution in [0.2, 0.25) is 0 Å². The molecule has 3 aromatic rings. The van der Waals surface area contributed by atoms with E-state index in [0.29, 0.717) is 29.2 Å². The Bertz CT molecular complexity index is 1070. The summed E-state index contributed by atoms with van der Waals surface area (Å²) in [5, 5.41) is 14.3. The molecule has 146 valence electrons. The van der Waals surface area contributed by atoms with Gasteiger partial charge in [0.05, 0.1) is 18.5 Å². The first-order valence-corrected chi connectivity index (χ1v) is 9.55. The molecule has 0 saturated heterocycles. The second-order valence-corrected chi connectivity index (χ2v) is 8.43. The van der Waals surface area contributed by atoms with E-state index in [4.69, 9.17) is 4.42 Å². The lowest BCUT2D eigenvalue weighted by molar-refractivity contribution is 0.198. The molecule has 2 heterocycles. The summed E-state index contributed by atoms with van der Waals surface area (Å²) in [7, 11) is 0. The summed E-state index contributed by atoms with van der Waals surface area (Å²) in [5.41, 5.74) is 2.34. The van der Waals surface area contributed by atoms with Gasteiger partial charge in [-0.05, 0) is 37.3 Å². The van der Waals surface area contributed by atoms with Crippen LogP contribution < -0.4 is 0 Å². The maximum atomic E-state index is 14.5. The summed E-state index contributed by atoms with van der Waals surface area (Å²) in [4.78, 5) is 4.40. The number of benzene rings is 1. The van der Waals surface area contributed by atoms with Gasteiger partial charge >= 0.3 is 0 Å². The number of halogens is 2. The molecule has 2 aromatic heterocycles. The van der Waals surface area contributed by atoms with Crippen LogP contribution in [0.15, 0.2) is 28.8 Å². The van der Waals surface area contributed by atoms with Gasteiger partial charge < -0.3 is 9.52 Å². The number of fused-ring (bicyclic) bond motifs is 5. The lowest BCUT2D eigenvalue weighted by atomic mass is 9.92. The van der Waals surface area contributed by atoms with Crippen molar-refractivity contribution in [3.05, 3.63) is 53.0 Å². The summed E-state index contributed by atoms with van der Waals surface area (Å²) < 4.78 is 35.4. The van der Waals surface area contributed by atoms with Gasteiger partial charge in [-0.15, -0.1) is 0 Å². The smallest absolute Gasteiger partial charge is 0.247 e. The van der Waals surface area contributed by atoms with Gasteiger partial charge in [0.15, 0.2) is 11.5 Å². The molecule has 0 spiro atoms. The van der Waals surface area contributed by atoms with Gasteiger partial charge in [0.25, 0.3) is 0 Å². The molecule has 0 unspecified atom stereocenters. The van der Waals surface area contributed by atoms with Crippen molar-refractivity contribution in [1.82, 2.24) is 14.8 Å². The van der Waals surface area contributed by atoms with E-state index in [-0.39, 0.29) is 12.3 Å². The zero-order chi connectivity index (χ0) is 19.6. The highest BCUT2D eigenvalue weighted by Gasteiger charge is 2.44. The Hall–Kier alpha value is -2.54. The van der Waals surface area contributed by atoms with Crippen LogP contribution in [-0.4, -0.2) is 26.5 Å². The number of hydrogen-bond donors (Lipinski definition) is 1. The van der Waals surface area contributed by atoms with Crippen molar-refractivity contribution in [3.63, 3.8) is 0 Å². The molecule has 0 amide bonds. The minimum absolute atomic E-state index is 0.0698. The molecule has 5 rings (SSSR count). The topological polar surface area (TPSA) is 64.1 Å². The van der Waals surface area contributed by atoms with E-state index in [1.807, 2.05) is 13.8 Å². The van der Waals surface area contributed by atoms with Crippen molar-refractivity contribution in [2.24, 2.45) is 0 Å². The van der Waals surface area contributed by atoms with Crippen molar-refractivity contribution in [2.75, 3.05) is 6.61 Å². The Morgan fingerprint density at radius 3 is 2.79 bits per heavy atom. The number of aromatic nitrogens is 3. The second kappa shape index (κ2) is 5.98. The van der Waals surface area contributed by atoms with Crippen molar-refractivity contribution in [3.8, 4) is 17.3 Å². The van der Waals surface area contributed by atoms with Crippen LogP contribution in [0.4, 0.5) is 8.78 Å². The van der Waals surface area contributed by atoms with Gasteiger partial charge in [-0.3, -0.25) is 0 Å². The normalized spacial score (nSPS) is 20.8. The zero-order valence-electron chi connectivity index (χ0n) is 15.7. The van der Waals surface area contributed by atoms with Crippen molar-refractivity contribution < 1.29 is 18.3 Å². The molecule has 1 fully saturated rings. The standard InChI is InChI=1S/C21H21F2N3O2/c1-21(2,10-27)16-9-24-20(28-16)18-17-11-3-4-12(7-11)19(17)26(25-18)15-6-5-13(22)8-14(15)23/h5-6,8-9,11-12,27H,3-4,7,10H2,1-2H3/t11-,12-/m0/s1. The van der Waals surface area contributed by atoms with E-state index in [0.717, 1.165) is 36.6 Å². The summed E-state index contributed by atoms with van der Waals surface area (Å²) in [6.07, 6.45) is 4.74. The fourth-order valence-corrected chi connectivity index (χ4v) is 4.50. The van der Waals surface area contributed by atoms with Gasteiger partial charge in [-0.1, -0.05) is 13.8 Å². The lowest BCUT2D eigenvalue weighted by Gasteiger charge is -2.17. The highest BCUT2D eigenvalue weighted by Crippen LogP contribution is 2.56. The predicted octanol–water partition coefficient (Wildman–Crippen LogP) is 4.44. The maximum Gasteiger partial charge on any atom is 0.247 e. The largest absolute Gasteiger partial charge is 0.439 e. The molecule has 5 nitrogen and oxygen atoms in total. The van der Waals surface area contributed by atoms with Crippen molar-refractivity contribution in [1.29, 1.82) is 0 Å². The Labute approximate surface area is 161 Å². The molecule has 2 aliphatic rings. The lowest BCUT2D eigenvalue weighted by Crippen LogP contribution is -2.21. The minimum atomic E-state index is -0.644. The van der Waals surface area contributed by atoms with E-state index < -0.39 is 17.0 Å². The minimum Gasteiger partial charge on any atom is -0.439 e. The van der Waals surface area contributed by atoms with Gasteiger partial charge in [0.2, 0.25) is 5.89 Å². The van der Waals surface area contributed by atoms with E-state index >= 15 is 0 Å². The zero-order valence-corrected chi connectivity index (χ0v) is 15.7. The molecule has 2 aliphatic carbocycles. The number of aliphatic hydroxyl groups excluding tert-OH is 1. The number of nitrogens with zero attached hydrogens (tertiary/aromatic N) is 3. The van der Waals surface area contributed by atoms with Gasteiger partial charge in [-0.25, -0.2) is 18.4 Å². The Balaban J connectivity index is 1.68. The molecule has 28 heavy (non-hydrogen) atoms.